The highest BCUT2D eigenvalue weighted by Crippen LogP contribution is 2.22. The van der Waals surface area contributed by atoms with Crippen LogP contribution in [0, 0.1) is 0 Å². The van der Waals surface area contributed by atoms with Gasteiger partial charge in [-0.2, -0.15) is 0 Å². The van der Waals surface area contributed by atoms with Crippen molar-refractivity contribution in [1.82, 2.24) is 5.32 Å². The van der Waals surface area contributed by atoms with Crippen LogP contribution < -0.4 is 10.6 Å². The Bertz CT molecular complexity index is 482. The van der Waals surface area contributed by atoms with Crippen LogP contribution in [0.3, 0.4) is 0 Å². The lowest BCUT2D eigenvalue weighted by Gasteiger charge is -2.30. The summed E-state index contributed by atoms with van der Waals surface area (Å²) in [7, 11) is 0. The fourth-order valence-corrected chi connectivity index (χ4v) is 2.75. The van der Waals surface area contributed by atoms with E-state index >= 15 is 0 Å². The van der Waals surface area contributed by atoms with Gasteiger partial charge in [-0.1, -0.05) is 6.92 Å². The summed E-state index contributed by atoms with van der Waals surface area (Å²) < 4.78 is 5.70. The number of nitrogens with one attached hydrogen (secondary N) is 2. The van der Waals surface area contributed by atoms with Gasteiger partial charge in [0.25, 0.3) is 5.91 Å². The number of amides is 1. The Morgan fingerprint density at radius 2 is 1.95 bits per heavy atom. The average Bonchev–Trinajstić information content (AvgIpc) is 3.32. The Morgan fingerprint density at radius 1 is 1.19 bits per heavy atom. The van der Waals surface area contributed by atoms with Crippen LogP contribution in [0.2, 0.25) is 0 Å². The Kier molecular flexibility index (Phi) is 4.44. The number of hydrogen-bond acceptors (Lipinski definition) is 3. The zero-order valence-electron chi connectivity index (χ0n) is 12.6. The zero-order valence-corrected chi connectivity index (χ0v) is 12.6. The maximum Gasteiger partial charge on any atom is 0.251 e. The summed E-state index contributed by atoms with van der Waals surface area (Å²) in [6.45, 7) is 3.00. The van der Waals surface area contributed by atoms with Gasteiger partial charge in [0.05, 0.1) is 6.10 Å². The predicted octanol–water partition coefficient (Wildman–Crippen LogP) is 2.95. The smallest absolute Gasteiger partial charge is 0.251 e. The van der Waals surface area contributed by atoms with Gasteiger partial charge in [0, 0.05) is 29.9 Å². The second kappa shape index (κ2) is 6.48. The first-order valence-corrected chi connectivity index (χ1v) is 8.03. The van der Waals surface area contributed by atoms with Crippen molar-refractivity contribution in [2.45, 2.75) is 57.2 Å². The van der Waals surface area contributed by atoms with Crippen LogP contribution in [0.4, 0.5) is 5.69 Å². The van der Waals surface area contributed by atoms with E-state index < -0.39 is 0 Å². The van der Waals surface area contributed by atoms with Crippen LogP contribution in [-0.4, -0.2) is 30.7 Å². The molecule has 0 radical (unpaired) electrons. The van der Waals surface area contributed by atoms with E-state index in [1.165, 1.54) is 0 Å². The lowest BCUT2D eigenvalue weighted by atomic mass is 10.0. The third-order valence-corrected chi connectivity index (χ3v) is 4.25. The molecule has 4 heteroatoms. The Morgan fingerprint density at radius 3 is 2.62 bits per heavy atom. The van der Waals surface area contributed by atoms with Crippen LogP contribution in [0.25, 0.3) is 0 Å². The summed E-state index contributed by atoms with van der Waals surface area (Å²) in [5.74, 6) is 0.0427. The standard InChI is InChI=1S/C17H24N2O2/c1-2-16-11-15(9-10-21-16)18-13-5-3-12(4-6-13)17(20)19-14-7-8-14/h3-6,14-16,18H,2,7-11H2,1H3,(H,19,20). The number of ether oxygens (including phenoxy) is 1. The first-order chi connectivity index (χ1) is 10.2. The van der Waals surface area contributed by atoms with E-state index in [0.717, 1.165) is 50.0 Å². The summed E-state index contributed by atoms with van der Waals surface area (Å²) in [5.41, 5.74) is 1.82. The highest BCUT2D eigenvalue weighted by molar-refractivity contribution is 5.94. The highest BCUT2D eigenvalue weighted by Gasteiger charge is 2.24. The monoisotopic (exact) mass is 288 g/mol. The minimum absolute atomic E-state index is 0.0427. The molecule has 0 bridgehead atoms. The molecule has 2 N–H and O–H groups in total. The molecule has 2 aliphatic rings. The molecule has 1 saturated heterocycles. The number of hydrogen-bond donors (Lipinski definition) is 2. The van der Waals surface area contributed by atoms with Crippen molar-refractivity contribution in [1.29, 1.82) is 0 Å². The number of carbonyl (C=O) groups is 1. The second-order valence-electron chi connectivity index (χ2n) is 6.09. The third kappa shape index (κ3) is 3.97. The van der Waals surface area contributed by atoms with Crippen LogP contribution in [0.15, 0.2) is 24.3 Å². The first-order valence-electron chi connectivity index (χ1n) is 8.03. The summed E-state index contributed by atoms with van der Waals surface area (Å²) in [5, 5.41) is 6.56. The van der Waals surface area contributed by atoms with Gasteiger partial charge in [0.15, 0.2) is 0 Å². The number of anilines is 1. The average molecular weight is 288 g/mol. The molecule has 1 saturated carbocycles. The lowest BCUT2D eigenvalue weighted by molar-refractivity contribution is 0.00925. The van der Waals surface area contributed by atoms with Gasteiger partial charge < -0.3 is 15.4 Å². The molecule has 1 aromatic carbocycles. The molecule has 0 aromatic heterocycles. The molecule has 1 aliphatic heterocycles. The Hall–Kier alpha value is -1.55. The maximum atomic E-state index is 11.9. The first kappa shape index (κ1) is 14.4. The third-order valence-electron chi connectivity index (χ3n) is 4.25. The highest BCUT2D eigenvalue weighted by atomic mass is 16.5. The molecular formula is C17H24N2O2. The molecule has 114 valence electrons. The molecule has 3 rings (SSSR count). The summed E-state index contributed by atoms with van der Waals surface area (Å²) in [6, 6.07) is 8.67. The van der Waals surface area contributed by atoms with Gasteiger partial charge in [-0.05, 0) is 56.4 Å². The van der Waals surface area contributed by atoms with Gasteiger partial charge in [0.2, 0.25) is 0 Å². The minimum Gasteiger partial charge on any atom is -0.382 e. The van der Waals surface area contributed by atoms with E-state index in [4.69, 9.17) is 4.74 Å². The van der Waals surface area contributed by atoms with Crippen LogP contribution >= 0.6 is 0 Å². The molecule has 21 heavy (non-hydrogen) atoms. The molecule has 0 spiro atoms. The molecular weight excluding hydrogens is 264 g/mol. The molecule has 2 atom stereocenters. The number of benzene rings is 1. The molecule has 1 aliphatic carbocycles. The molecule has 2 fully saturated rings. The van der Waals surface area contributed by atoms with Crippen molar-refractivity contribution >= 4 is 11.6 Å². The number of rotatable bonds is 5. The van der Waals surface area contributed by atoms with Gasteiger partial charge in [-0.25, -0.2) is 0 Å². The van der Waals surface area contributed by atoms with Crippen molar-refractivity contribution in [2.24, 2.45) is 0 Å². The van der Waals surface area contributed by atoms with Gasteiger partial charge in [-0.15, -0.1) is 0 Å². The van der Waals surface area contributed by atoms with E-state index in [0.29, 0.717) is 18.2 Å². The van der Waals surface area contributed by atoms with Crippen molar-refractivity contribution < 1.29 is 9.53 Å². The summed E-state index contributed by atoms with van der Waals surface area (Å²) in [4.78, 5) is 11.9. The summed E-state index contributed by atoms with van der Waals surface area (Å²) >= 11 is 0. The van der Waals surface area contributed by atoms with Gasteiger partial charge in [0.1, 0.15) is 0 Å². The van der Waals surface area contributed by atoms with Crippen molar-refractivity contribution in [3.8, 4) is 0 Å². The Labute approximate surface area is 126 Å². The largest absolute Gasteiger partial charge is 0.382 e. The minimum atomic E-state index is 0.0427. The quantitative estimate of drug-likeness (QED) is 0.876. The maximum absolute atomic E-state index is 11.9. The molecule has 4 nitrogen and oxygen atoms in total. The van der Waals surface area contributed by atoms with E-state index in [-0.39, 0.29) is 5.91 Å². The lowest BCUT2D eigenvalue weighted by Crippen LogP contribution is -2.33. The van der Waals surface area contributed by atoms with E-state index in [1.54, 1.807) is 0 Å². The van der Waals surface area contributed by atoms with E-state index in [1.807, 2.05) is 24.3 Å². The van der Waals surface area contributed by atoms with Gasteiger partial charge in [-0.3, -0.25) is 4.79 Å². The fourth-order valence-electron chi connectivity index (χ4n) is 2.75. The number of carbonyl (C=O) groups excluding carboxylic acids is 1. The van der Waals surface area contributed by atoms with E-state index in [2.05, 4.69) is 17.6 Å². The molecule has 1 heterocycles. The fraction of sp³-hybridized carbons (Fsp3) is 0.588. The van der Waals surface area contributed by atoms with Crippen molar-refractivity contribution in [2.75, 3.05) is 11.9 Å². The SMILES string of the molecule is CCC1CC(Nc2ccc(C(=O)NC3CC3)cc2)CCO1. The molecule has 1 aromatic rings. The Balaban J connectivity index is 1.55. The predicted molar refractivity (Wildman–Crippen MR) is 83.6 cm³/mol. The molecule has 2 unspecified atom stereocenters. The summed E-state index contributed by atoms with van der Waals surface area (Å²) in [6.07, 6.45) is 5.78. The normalized spacial score (nSPS) is 25.4. The van der Waals surface area contributed by atoms with Crippen molar-refractivity contribution in [3.05, 3.63) is 29.8 Å². The van der Waals surface area contributed by atoms with Crippen LogP contribution in [-0.2, 0) is 4.74 Å². The zero-order chi connectivity index (χ0) is 14.7. The second-order valence-corrected chi connectivity index (χ2v) is 6.09. The topological polar surface area (TPSA) is 50.4 Å². The van der Waals surface area contributed by atoms with Crippen LogP contribution in [0.1, 0.15) is 49.4 Å². The van der Waals surface area contributed by atoms with Gasteiger partial charge >= 0.3 is 0 Å². The van der Waals surface area contributed by atoms with Crippen molar-refractivity contribution in [3.63, 3.8) is 0 Å². The molecule has 1 amide bonds. The van der Waals surface area contributed by atoms with Crippen LogP contribution in [0.5, 0.6) is 0 Å². The van der Waals surface area contributed by atoms with E-state index in [9.17, 15) is 4.79 Å².